The summed E-state index contributed by atoms with van der Waals surface area (Å²) in [5.74, 6) is 0.425. The fraction of sp³-hybridized carbons (Fsp3) is 0.188. The molecule has 0 amide bonds. The van der Waals surface area contributed by atoms with Crippen LogP contribution in [0.15, 0.2) is 30.5 Å². The second-order valence-electron chi connectivity index (χ2n) is 5.43. The maximum Gasteiger partial charge on any atom is 0.224 e. The van der Waals surface area contributed by atoms with Crippen molar-refractivity contribution in [3.05, 3.63) is 41.7 Å². The molecule has 8 nitrogen and oxygen atoms in total. The molecule has 2 aromatic heterocycles. The van der Waals surface area contributed by atoms with Gasteiger partial charge in [-0.05, 0) is 24.6 Å². The van der Waals surface area contributed by atoms with Gasteiger partial charge >= 0.3 is 0 Å². The summed E-state index contributed by atoms with van der Waals surface area (Å²) in [5.41, 5.74) is 14.8. The smallest absolute Gasteiger partial charge is 0.224 e. The minimum atomic E-state index is 0.0748. The highest BCUT2D eigenvalue weighted by atomic mass is 16.1. The number of nitrogens with two attached hydrogens (primary N) is 2. The van der Waals surface area contributed by atoms with Gasteiger partial charge in [0.25, 0.3) is 0 Å². The minimum absolute atomic E-state index is 0.0748. The van der Waals surface area contributed by atoms with Crippen LogP contribution in [-0.2, 0) is 17.8 Å². The number of benzene rings is 1. The molecule has 0 saturated carbocycles. The number of fused-ring (bicyclic) bond motifs is 1. The lowest BCUT2D eigenvalue weighted by Gasteiger charge is -2.08. The number of carbonyl (C=O) groups is 1. The van der Waals surface area contributed by atoms with Crippen molar-refractivity contribution in [2.45, 2.75) is 19.9 Å². The predicted octanol–water partition coefficient (Wildman–Crippen LogP) is 1.33. The van der Waals surface area contributed by atoms with Gasteiger partial charge in [0, 0.05) is 12.1 Å². The van der Waals surface area contributed by atoms with E-state index < -0.39 is 0 Å². The number of ketones is 1. The molecule has 2 heterocycles. The molecule has 0 atom stereocenters. The zero-order valence-corrected chi connectivity index (χ0v) is 13.2. The first-order chi connectivity index (χ1) is 11.5. The van der Waals surface area contributed by atoms with E-state index in [1.807, 2.05) is 24.3 Å². The highest BCUT2D eigenvalue weighted by Gasteiger charge is 2.07. The van der Waals surface area contributed by atoms with Gasteiger partial charge in [-0.25, -0.2) is 9.97 Å². The second kappa shape index (κ2) is 6.45. The van der Waals surface area contributed by atoms with Gasteiger partial charge in [0.15, 0.2) is 17.0 Å². The summed E-state index contributed by atoms with van der Waals surface area (Å²) in [6.45, 7) is 2.05. The van der Waals surface area contributed by atoms with Crippen molar-refractivity contribution in [3.63, 3.8) is 0 Å². The highest BCUT2D eigenvalue weighted by Crippen LogP contribution is 2.16. The molecule has 24 heavy (non-hydrogen) atoms. The van der Waals surface area contributed by atoms with Crippen molar-refractivity contribution in [2.24, 2.45) is 0 Å². The molecular formula is C16H17N7O. The van der Waals surface area contributed by atoms with Gasteiger partial charge in [0.05, 0.1) is 18.4 Å². The van der Waals surface area contributed by atoms with Gasteiger partial charge in [0.2, 0.25) is 5.95 Å². The summed E-state index contributed by atoms with van der Waals surface area (Å²) in [6.07, 6.45) is 2.06. The number of carbonyl (C=O) groups excluding carboxylic acids is 1. The quantitative estimate of drug-likeness (QED) is 0.640. The maximum absolute atomic E-state index is 11.1. The van der Waals surface area contributed by atoms with Crippen LogP contribution >= 0.6 is 0 Å². The van der Waals surface area contributed by atoms with Crippen LogP contribution in [0.3, 0.4) is 0 Å². The van der Waals surface area contributed by atoms with Gasteiger partial charge in [-0.2, -0.15) is 9.97 Å². The molecule has 122 valence electrons. The Labute approximate surface area is 138 Å². The largest absolute Gasteiger partial charge is 0.382 e. The number of nitrogens with zero attached hydrogens (tertiary/aromatic N) is 4. The molecule has 0 bridgehead atoms. The third-order valence-electron chi connectivity index (χ3n) is 3.38. The van der Waals surface area contributed by atoms with Crippen molar-refractivity contribution in [2.75, 3.05) is 16.8 Å². The summed E-state index contributed by atoms with van der Waals surface area (Å²) in [6, 6.07) is 7.69. The molecule has 0 spiro atoms. The van der Waals surface area contributed by atoms with Crippen LogP contribution < -0.4 is 16.8 Å². The van der Waals surface area contributed by atoms with E-state index in [4.69, 9.17) is 11.5 Å². The zero-order valence-electron chi connectivity index (χ0n) is 13.2. The molecule has 0 aliphatic heterocycles. The van der Waals surface area contributed by atoms with Gasteiger partial charge in [-0.15, -0.1) is 0 Å². The van der Waals surface area contributed by atoms with Crippen molar-refractivity contribution in [3.8, 4) is 0 Å². The second-order valence-corrected chi connectivity index (χ2v) is 5.43. The Morgan fingerprint density at radius 1 is 1.12 bits per heavy atom. The number of hydrogen-bond donors (Lipinski definition) is 3. The van der Waals surface area contributed by atoms with Gasteiger partial charge < -0.3 is 16.8 Å². The van der Waals surface area contributed by atoms with Crippen LogP contribution in [0.2, 0.25) is 0 Å². The monoisotopic (exact) mass is 323 g/mol. The Morgan fingerprint density at radius 3 is 2.58 bits per heavy atom. The highest BCUT2D eigenvalue weighted by molar-refractivity contribution is 5.81. The lowest BCUT2D eigenvalue weighted by molar-refractivity contribution is -0.116. The Kier molecular flexibility index (Phi) is 4.19. The molecule has 0 aliphatic rings. The summed E-state index contributed by atoms with van der Waals surface area (Å²) >= 11 is 0. The number of nitrogens with one attached hydrogen (secondary N) is 1. The fourth-order valence-corrected chi connectivity index (χ4v) is 2.29. The molecule has 0 saturated heterocycles. The number of anilines is 3. The maximum atomic E-state index is 11.1. The predicted molar refractivity (Wildman–Crippen MR) is 92.1 cm³/mol. The van der Waals surface area contributed by atoms with E-state index in [0.717, 1.165) is 11.3 Å². The zero-order chi connectivity index (χ0) is 17.1. The SMILES string of the molecule is CC(=O)Cc1ccc(NCc2cnc3nc(N)nc(N)c3n2)cc1. The summed E-state index contributed by atoms with van der Waals surface area (Å²) in [7, 11) is 0. The van der Waals surface area contributed by atoms with Crippen molar-refractivity contribution >= 4 is 34.4 Å². The van der Waals surface area contributed by atoms with Crippen molar-refractivity contribution in [1.29, 1.82) is 0 Å². The molecule has 5 N–H and O–H groups in total. The Morgan fingerprint density at radius 2 is 1.88 bits per heavy atom. The van der Waals surface area contributed by atoms with Crippen molar-refractivity contribution in [1.82, 2.24) is 19.9 Å². The normalized spacial score (nSPS) is 10.7. The summed E-state index contributed by atoms with van der Waals surface area (Å²) in [5, 5.41) is 3.24. The van der Waals surface area contributed by atoms with Crippen LogP contribution in [0.25, 0.3) is 11.2 Å². The standard InChI is InChI=1S/C16H17N7O/c1-9(24)6-10-2-4-11(5-3-10)19-7-12-8-20-15-13(21-12)14(17)22-16(18)23-15/h2-5,8,19H,6-7H2,1H3,(H4,17,18,20,22,23). The number of hydrogen-bond acceptors (Lipinski definition) is 8. The third-order valence-corrected chi connectivity index (χ3v) is 3.38. The molecule has 0 radical (unpaired) electrons. The van der Waals surface area contributed by atoms with E-state index in [1.54, 1.807) is 13.1 Å². The summed E-state index contributed by atoms with van der Waals surface area (Å²) < 4.78 is 0. The number of rotatable bonds is 5. The van der Waals surface area contributed by atoms with Crippen LogP contribution in [0, 0.1) is 0 Å². The van der Waals surface area contributed by atoms with Gasteiger partial charge in [0.1, 0.15) is 5.78 Å². The Hall–Kier alpha value is -3.29. The number of aromatic nitrogens is 4. The van der Waals surface area contributed by atoms with E-state index in [1.165, 1.54) is 0 Å². The molecule has 0 unspecified atom stereocenters. The Bertz CT molecular complexity index is 893. The Balaban J connectivity index is 1.72. The molecular weight excluding hydrogens is 306 g/mol. The minimum Gasteiger partial charge on any atom is -0.382 e. The molecule has 0 aliphatic carbocycles. The lowest BCUT2D eigenvalue weighted by atomic mass is 10.1. The fourth-order valence-electron chi connectivity index (χ4n) is 2.29. The first kappa shape index (κ1) is 15.6. The summed E-state index contributed by atoms with van der Waals surface area (Å²) in [4.78, 5) is 27.6. The van der Waals surface area contributed by atoms with Crippen LogP contribution in [-0.4, -0.2) is 25.7 Å². The molecule has 3 aromatic rings. The molecule has 1 aromatic carbocycles. The number of nitrogen functional groups attached to an aromatic ring is 2. The molecule has 8 heteroatoms. The van der Waals surface area contributed by atoms with Crippen molar-refractivity contribution < 1.29 is 4.79 Å². The van der Waals surface area contributed by atoms with Gasteiger partial charge in [-0.1, -0.05) is 12.1 Å². The van der Waals surface area contributed by atoms with Crippen LogP contribution in [0.4, 0.5) is 17.5 Å². The van der Waals surface area contributed by atoms with E-state index in [0.29, 0.717) is 29.8 Å². The van der Waals surface area contributed by atoms with Gasteiger partial charge in [-0.3, -0.25) is 4.79 Å². The first-order valence-corrected chi connectivity index (χ1v) is 7.38. The topological polar surface area (TPSA) is 133 Å². The lowest BCUT2D eigenvalue weighted by Crippen LogP contribution is -2.07. The third kappa shape index (κ3) is 3.54. The van der Waals surface area contributed by atoms with E-state index >= 15 is 0 Å². The molecule has 0 fully saturated rings. The average Bonchev–Trinajstić information content (AvgIpc) is 2.54. The van der Waals surface area contributed by atoms with E-state index in [9.17, 15) is 4.79 Å². The van der Waals surface area contributed by atoms with Crippen LogP contribution in [0.1, 0.15) is 18.2 Å². The molecule has 3 rings (SSSR count). The number of Topliss-reactive ketones (excluding diaryl/α,β-unsaturated/α-hetero) is 1. The first-order valence-electron chi connectivity index (χ1n) is 7.38. The average molecular weight is 323 g/mol. The van der Waals surface area contributed by atoms with E-state index in [-0.39, 0.29) is 17.5 Å². The van der Waals surface area contributed by atoms with Crippen LogP contribution in [0.5, 0.6) is 0 Å². The van der Waals surface area contributed by atoms with E-state index in [2.05, 4.69) is 25.3 Å².